The van der Waals surface area contributed by atoms with Crippen LogP contribution in [-0.4, -0.2) is 78.2 Å². The maximum Gasteiger partial charge on any atom is 0.410 e. The van der Waals surface area contributed by atoms with Crippen LogP contribution in [0, 0.1) is 0 Å². The van der Waals surface area contributed by atoms with Crippen LogP contribution in [0.25, 0.3) is 5.70 Å². The zero-order chi connectivity index (χ0) is 28.4. The van der Waals surface area contributed by atoms with Gasteiger partial charge in [0, 0.05) is 34.5 Å². The maximum absolute atomic E-state index is 13.6. The summed E-state index contributed by atoms with van der Waals surface area (Å²) in [5.74, 6) is -1.98. The van der Waals surface area contributed by atoms with Crippen LogP contribution in [0.3, 0.4) is 0 Å². The van der Waals surface area contributed by atoms with Gasteiger partial charge in [0.2, 0.25) is 11.7 Å². The van der Waals surface area contributed by atoms with Crippen molar-refractivity contribution in [3.05, 3.63) is 39.9 Å². The number of Topliss-reactive ketones (excluding diaryl/α,β-unsaturated/α-hetero) is 1. The number of hydrogen-bond acceptors (Lipinski definition) is 8. The molecule has 1 aliphatic carbocycles. The van der Waals surface area contributed by atoms with Gasteiger partial charge in [0.25, 0.3) is 5.91 Å². The number of ether oxygens (including phenoxy) is 2. The number of amides is 3. The lowest BCUT2D eigenvalue weighted by atomic mass is 9.97. The first-order valence-corrected chi connectivity index (χ1v) is 14.3. The summed E-state index contributed by atoms with van der Waals surface area (Å²) in [7, 11) is 0. The second-order valence-electron chi connectivity index (χ2n) is 10.7. The van der Waals surface area contributed by atoms with E-state index < -0.39 is 47.5 Å². The number of carbonyl (C=O) groups excluding carboxylic acids is 4. The Bertz CT molecular complexity index is 1200. The Labute approximate surface area is 241 Å². The van der Waals surface area contributed by atoms with Crippen molar-refractivity contribution < 1.29 is 33.5 Å². The number of likely N-dealkylation sites (tertiary alicyclic amines) is 1. The van der Waals surface area contributed by atoms with Gasteiger partial charge in [-0.3, -0.25) is 29.6 Å². The van der Waals surface area contributed by atoms with Crippen LogP contribution < -0.4 is 16.1 Å². The second kappa shape index (κ2) is 11.9. The molecule has 216 valence electrons. The van der Waals surface area contributed by atoms with E-state index in [4.69, 9.17) is 37.5 Å². The van der Waals surface area contributed by atoms with E-state index in [1.807, 2.05) is 6.92 Å². The van der Waals surface area contributed by atoms with Crippen LogP contribution in [0.5, 0.6) is 0 Å². The van der Waals surface area contributed by atoms with Crippen molar-refractivity contribution in [2.24, 2.45) is 0 Å². The molecule has 0 radical (unpaired) electrons. The molecule has 1 spiro atoms. The maximum atomic E-state index is 13.6. The van der Waals surface area contributed by atoms with Crippen molar-refractivity contribution in [3.8, 4) is 0 Å². The Hall–Kier alpha value is -2.86. The summed E-state index contributed by atoms with van der Waals surface area (Å²) in [6, 6.07) is 3.01. The molecular formula is C27H32Cl2N4O7. The average molecular weight is 595 g/mol. The number of hydrogen-bond donors (Lipinski definition) is 3. The van der Waals surface area contributed by atoms with E-state index in [0.29, 0.717) is 40.8 Å². The van der Waals surface area contributed by atoms with Gasteiger partial charge in [0.1, 0.15) is 17.7 Å². The number of nitrogens with one attached hydrogen (secondary N) is 3. The number of carbonyl (C=O) groups is 4. The summed E-state index contributed by atoms with van der Waals surface area (Å²) >= 11 is 12.3. The van der Waals surface area contributed by atoms with Gasteiger partial charge >= 0.3 is 6.09 Å². The van der Waals surface area contributed by atoms with Crippen LogP contribution in [0.15, 0.2) is 24.3 Å². The molecule has 1 aromatic rings. The Morgan fingerprint density at radius 1 is 1.18 bits per heavy atom. The van der Waals surface area contributed by atoms with E-state index >= 15 is 0 Å². The summed E-state index contributed by atoms with van der Waals surface area (Å²) in [4.78, 5) is 59.5. The van der Waals surface area contributed by atoms with Crippen LogP contribution in [0.4, 0.5) is 4.79 Å². The van der Waals surface area contributed by atoms with E-state index in [9.17, 15) is 19.2 Å². The van der Waals surface area contributed by atoms with Gasteiger partial charge in [-0.1, -0.05) is 36.5 Å². The summed E-state index contributed by atoms with van der Waals surface area (Å²) in [6.07, 6.45) is 3.84. The third-order valence-corrected chi connectivity index (χ3v) is 7.77. The largest absolute Gasteiger partial charge is 0.444 e. The zero-order valence-corrected chi connectivity index (χ0v) is 23.6. The highest BCUT2D eigenvalue weighted by atomic mass is 35.5. The fraction of sp³-hybridized carbons (Fsp3) is 0.556. The van der Waals surface area contributed by atoms with Gasteiger partial charge in [-0.2, -0.15) is 0 Å². The lowest BCUT2D eigenvalue weighted by Crippen LogP contribution is -2.53. The highest BCUT2D eigenvalue weighted by Crippen LogP contribution is 2.39. The Morgan fingerprint density at radius 3 is 2.58 bits per heavy atom. The smallest absolute Gasteiger partial charge is 0.410 e. The minimum atomic E-state index is -1.06. The molecule has 3 amide bonds. The highest BCUT2D eigenvalue weighted by molar-refractivity contribution is 6.38. The molecule has 11 nitrogen and oxygen atoms in total. The molecule has 40 heavy (non-hydrogen) atoms. The predicted molar refractivity (Wildman–Crippen MR) is 145 cm³/mol. The number of halogens is 2. The van der Waals surface area contributed by atoms with Gasteiger partial charge in [-0.05, 0) is 43.5 Å². The molecular weight excluding hydrogens is 563 g/mol. The molecule has 13 heteroatoms. The molecule has 1 aromatic carbocycles. The topological polar surface area (TPSA) is 135 Å². The lowest BCUT2D eigenvalue weighted by Gasteiger charge is -2.26. The minimum Gasteiger partial charge on any atom is -0.444 e. The van der Waals surface area contributed by atoms with E-state index in [1.54, 1.807) is 24.3 Å². The first-order chi connectivity index (χ1) is 19.2. The quantitative estimate of drug-likeness (QED) is 0.371. The van der Waals surface area contributed by atoms with Crippen molar-refractivity contribution >= 4 is 52.6 Å². The minimum absolute atomic E-state index is 0.0105. The van der Waals surface area contributed by atoms with Crippen LogP contribution in [-0.2, 0) is 28.7 Å². The van der Waals surface area contributed by atoms with Crippen molar-refractivity contribution in [2.45, 2.75) is 75.3 Å². The number of benzene rings is 1. The molecule has 0 unspecified atom stereocenters. The first kappa shape index (κ1) is 28.7. The molecule has 2 saturated heterocycles. The normalized spacial score (nSPS) is 26.3. The Kier molecular flexibility index (Phi) is 8.55. The SMILES string of the molecule is CCC[C@H](NC(=O)[C@@H]1C[C@]2(C=C(c3cc(Cl)cc(Cl)c3)NO2)CN1C(=O)O[C@H]1CCOC1)C(=O)C(=O)NC1CC1. The second-order valence-corrected chi connectivity index (χ2v) is 11.5. The van der Waals surface area contributed by atoms with Gasteiger partial charge < -0.3 is 20.1 Å². The molecule has 3 N–H and O–H groups in total. The highest BCUT2D eigenvalue weighted by Gasteiger charge is 2.53. The van der Waals surface area contributed by atoms with Crippen LogP contribution in [0.1, 0.15) is 51.0 Å². The number of rotatable bonds is 9. The van der Waals surface area contributed by atoms with Gasteiger partial charge in [-0.25, -0.2) is 4.79 Å². The summed E-state index contributed by atoms with van der Waals surface area (Å²) in [5, 5.41) is 6.28. The summed E-state index contributed by atoms with van der Waals surface area (Å²) in [6.45, 7) is 2.63. The fourth-order valence-electron chi connectivity index (χ4n) is 5.12. The Morgan fingerprint density at radius 2 is 1.93 bits per heavy atom. The number of ketones is 1. The van der Waals surface area contributed by atoms with Crippen LogP contribution >= 0.6 is 23.2 Å². The van der Waals surface area contributed by atoms with Crippen molar-refractivity contribution in [1.29, 1.82) is 0 Å². The third kappa shape index (κ3) is 6.54. The van der Waals surface area contributed by atoms with Crippen molar-refractivity contribution in [2.75, 3.05) is 19.8 Å². The molecule has 0 bridgehead atoms. The lowest BCUT2D eigenvalue weighted by molar-refractivity contribution is -0.140. The standard InChI is InChI=1S/C27H32Cl2N4O7/c1-2-3-20(23(34)25(36)30-18-4-5-18)31-24(35)22-12-27(14-33(22)26(37)39-19-6-7-38-13-19)11-21(32-40-27)15-8-16(28)10-17(29)9-15/h8-11,18-20,22,32H,2-7,12-14H2,1H3,(H,30,36)(H,31,35)/t19-,20-,22-,27+/m0/s1. The van der Waals surface area contributed by atoms with E-state index in [1.165, 1.54) is 4.90 Å². The monoisotopic (exact) mass is 594 g/mol. The fourth-order valence-corrected chi connectivity index (χ4v) is 5.65. The van der Waals surface area contributed by atoms with E-state index in [-0.39, 0.29) is 32.0 Å². The average Bonchev–Trinajstić information content (AvgIpc) is 3.29. The van der Waals surface area contributed by atoms with Gasteiger partial charge in [0.15, 0.2) is 0 Å². The molecule has 5 rings (SSSR count). The zero-order valence-electron chi connectivity index (χ0n) is 22.0. The van der Waals surface area contributed by atoms with E-state index in [0.717, 1.165) is 12.8 Å². The molecule has 4 atom stereocenters. The summed E-state index contributed by atoms with van der Waals surface area (Å²) < 4.78 is 10.9. The molecule has 3 heterocycles. The molecule has 3 fully saturated rings. The van der Waals surface area contributed by atoms with Crippen molar-refractivity contribution in [3.63, 3.8) is 0 Å². The predicted octanol–water partition coefficient (Wildman–Crippen LogP) is 2.74. The van der Waals surface area contributed by atoms with Gasteiger partial charge in [-0.15, -0.1) is 0 Å². The van der Waals surface area contributed by atoms with Crippen molar-refractivity contribution in [1.82, 2.24) is 21.0 Å². The summed E-state index contributed by atoms with van der Waals surface area (Å²) in [5.41, 5.74) is 3.07. The number of nitrogens with zero attached hydrogens (tertiary/aromatic N) is 1. The first-order valence-electron chi connectivity index (χ1n) is 13.5. The molecule has 4 aliphatic rings. The third-order valence-electron chi connectivity index (χ3n) is 7.34. The number of hydroxylamine groups is 1. The molecule has 0 aromatic heterocycles. The molecule has 3 aliphatic heterocycles. The Balaban J connectivity index is 1.36. The molecule has 1 saturated carbocycles. The van der Waals surface area contributed by atoms with Crippen LogP contribution in [0.2, 0.25) is 10.0 Å². The van der Waals surface area contributed by atoms with Gasteiger partial charge in [0.05, 0.1) is 31.5 Å². The van der Waals surface area contributed by atoms with E-state index in [2.05, 4.69) is 16.1 Å².